The lowest BCUT2D eigenvalue weighted by molar-refractivity contribution is 0.148. The number of ether oxygens (including phenoxy) is 1. The van der Waals surface area contributed by atoms with Gasteiger partial charge in [-0.05, 0) is 35.1 Å². The first kappa shape index (κ1) is 15.0. The molecular weight excluding hydrogens is 302 g/mol. The van der Waals surface area contributed by atoms with Crippen molar-refractivity contribution in [3.63, 3.8) is 0 Å². The van der Waals surface area contributed by atoms with Crippen LogP contribution in [0.4, 0.5) is 4.79 Å². The molecule has 4 nitrogen and oxygen atoms in total. The fourth-order valence-corrected chi connectivity index (χ4v) is 3.56. The van der Waals surface area contributed by atoms with Gasteiger partial charge in [-0.2, -0.15) is 0 Å². The normalized spacial score (nSPS) is 19.6. The number of cyclic esters (lactones) is 1. The molecule has 2 aromatic rings. The Balaban J connectivity index is 1.71. The van der Waals surface area contributed by atoms with Crippen LogP contribution in [0.15, 0.2) is 60.3 Å². The summed E-state index contributed by atoms with van der Waals surface area (Å²) < 4.78 is 5.08. The van der Waals surface area contributed by atoms with Crippen LogP contribution in [0.1, 0.15) is 29.2 Å². The summed E-state index contributed by atoms with van der Waals surface area (Å²) in [5.41, 5.74) is 4.88. The van der Waals surface area contributed by atoms with Crippen LogP contribution in [0.5, 0.6) is 0 Å². The molecule has 1 N–H and O–H groups in total. The number of fused-ring (bicyclic) bond motifs is 1. The van der Waals surface area contributed by atoms with Gasteiger partial charge < -0.3 is 9.84 Å². The average molecular weight is 321 g/mol. The minimum absolute atomic E-state index is 0.367. The van der Waals surface area contributed by atoms with Gasteiger partial charge in [-0.25, -0.2) is 4.79 Å². The molecule has 2 aromatic carbocycles. The Bertz CT molecular complexity index is 798. The number of aryl methyl sites for hydroxylation is 1. The van der Waals surface area contributed by atoms with Crippen LogP contribution in [0.2, 0.25) is 0 Å². The lowest BCUT2D eigenvalue weighted by atomic mass is 9.99. The molecule has 0 saturated carbocycles. The fourth-order valence-electron chi connectivity index (χ4n) is 3.56. The van der Waals surface area contributed by atoms with E-state index in [0.717, 1.165) is 29.5 Å². The van der Waals surface area contributed by atoms with Gasteiger partial charge in [0.1, 0.15) is 12.7 Å². The maximum Gasteiger partial charge on any atom is 0.414 e. The van der Waals surface area contributed by atoms with Gasteiger partial charge in [-0.3, -0.25) is 4.90 Å². The standard InChI is InChI=1S/C20H19NO3/c22-19-17-9-5-4-8-15(17)16(11-10-14-6-2-1-3-7-14)18(19)21-12-13-24-20(21)23/h1-9,19,22H,10-13H2. The highest BCUT2D eigenvalue weighted by Gasteiger charge is 2.37. The summed E-state index contributed by atoms with van der Waals surface area (Å²) in [6.45, 7) is 0.866. The number of rotatable bonds is 4. The molecule has 1 unspecified atom stereocenters. The molecule has 1 aliphatic heterocycles. The van der Waals surface area contributed by atoms with E-state index < -0.39 is 6.10 Å². The maximum atomic E-state index is 12.0. The third-order valence-corrected chi connectivity index (χ3v) is 4.71. The van der Waals surface area contributed by atoms with Crippen LogP contribution in [-0.4, -0.2) is 29.3 Å². The number of aliphatic hydroxyl groups excluding tert-OH is 1. The number of carbonyl (C=O) groups is 1. The smallest absolute Gasteiger partial charge is 0.414 e. The third-order valence-electron chi connectivity index (χ3n) is 4.71. The molecule has 1 aliphatic carbocycles. The van der Waals surface area contributed by atoms with Gasteiger partial charge in [-0.1, -0.05) is 54.6 Å². The number of allylic oxidation sites excluding steroid dienone is 1. The van der Waals surface area contributed by atoms with E-state index >= 15 is 0 Å². The summed E-state index contributed by atoms with van der Waals surface area (Å²) >= 11 is 0. The SMILES string of the molecule is O=C1OCCN1C1=C(CCc2ccccc2)c2ccccc2C1O. The molecule has 0 radical (unpaired) electrons. The number of carbonyl (C=O) groups excluding carboxylic acids is 1. The second-order valence-corrected chi connectivity index (χ2v) is 6.11. The van der Waals surface area contributed by atoms with E-state index in [0.29, 0.717) is 18.8 Å². The van der Waals surface area contributed by atoms with Crippen molar-refractivity contribution in [3.8, 4) is 0 Å². The second-order valence-electron chi connectivity index (χ2n) is 6.11. The Morgan fingerprint density at radius 1 is 1.04 bits per heavy atom. The maximum absolute atomic E-state index is 12.0. The van der Waals surface area contributed by atoms with E-state index in [-0.39, 0.29) is 6.09 Å². The number of aliphatic hydroxyl groups is 1. The van der Waals surface area contributed by atoms with Gasteiger partial charge in [0.2, 0.25) is 0 Å². The molecule has 122 valence electrons. The second kappa shape index (κ2) is 6.13. The van der Waals surface area contributed by atoms with Crippen LogP contribution in [-0.2, 0) is 11.2 Å². The predicted octanol–water partition coefficient (Wildman–Crippen LogP) is 3.53. The van der Waals surface area contributed by atoms with Crippen LogP contribution >= 0.6 is 0 Å². The molecule has 1 fully saturated rings. The van der Waals surface area contributed by atoms with E-state index in [1.54, 1.807) is 4.90 Å². The molecule has 1 saturated heterocycles. The summed E-state index contributed by atoms with van der Waals surface area (Å²) in [5.74, 6) is 0. The topological polar surface area (TPSA) is 49.8 Å². The molecule has 1 heterocycles. The summed E-state index contributed by atoms with van der Waals surface area (Å²) in [4.78, 5) is 13.6. The van der Waals surface area contributed by atoms with Gasteiger partial charge in [-0.15, -0.1) is 0 Å². The summed E-state index contributed by atoms with van der Waals surface area (Å²) in [6, 6.07) is 18.1. The Morgan fingerprint density at radius 3 is 2.54 bits per heavy atom. The highest BCUT2D eigenvalue weighted by Crippen LogP contribution is 2.44. The van der Waals surface area contributed by atoms with Crippen molar-refractivity contribution in [2.45, 2.75) is 18.9 Å². The summed E-state index contributed by atoms with van der Waals surface area (Å²) in [6.07, 6.45) is 0.507. The Kier molecular flexibility index (Phi) is 3.82. The number of hydrogen-bond acceptors (Lipinski definition) is 3. The van der Waals surface area contributed by atoms with E-state index in [4.69, 9.17) is 4.74 Å². The lowest BCUT2D eigenvalue weighted by Gasteiger charge is -2.20. The zero-order chi connectivity index (χ0) is 16.5. The minimum atomic E-state index is -0.766. The minimum Gasteiger partial charge on any atom is -0.447 e. The van der Waals surface area contributed by atoms with Crippen LogP contribution < -0.4 is 0 Å². The van der Waals surface area contributed by atoms with Gasteiger partial charge in [0.05, 0.1) is 12.2 Å². The van der Waals surface area contributed by atoms with Gasteiger partial charge in [0.15, 0.2) is 0 Å². The van der Waals surface area contributed by atoms with E-state index in [9.17, 15) is 9.90 Å². The number of benzene rings is 2. The Morgan fingerprint density at radius 2 is 1.79 bits per heavy atom. The zero-order valence-electron chi connectivity index (χ0n) is 13.3. The lowest BCUT2D eigenvalue weighted by Crippen LogP contribution is -2.26. The van der Waals surface area contributed by atoms with Crippen molar-refractivity contribution in [3.05, 3.63) is 77.0 Å². The number of hydrogen-bond donors (Lipinski definition) is 1. The van der Waals surface area contributed by atoms with Gasteiger partial charge in [0, 0.05) is 0 Å². The zero-order valence-corrected chi connectivity index (χ0v) is 13.3. The molecule has 0 spiro atoms. The molecule has 24 heavy (non-hydrogen) atoms. The van der Waals surface area contributed by atoms with Gasteiger partial charge in [0.25, 0.3) is 0 Å². The molecular formula is C20H19NO3. The molecule has 4 rings (SSSR count). The fraction of sp³-hybridized carbons (Fsp3) is 0.250. The largest absolute Gasteiger partial charge is 0.447 e. The highest BCUT2D eigenvalue weighted by atomic mass is 16.6. The first-order chi connectivity index (χ1) is 11.8. The first-order valence-corrected chi connectivity index (χ1v) is 8.24. The van der Waals surface area contributed by atoms with Crippen LogP contribution in [0.3, 0.4) is 0 Å². The van der Waals surface area contributed by atoms with Crippen LogP contribution in [0.25, 0.3) is 5.57 Å². The third kappa shape index (κ3) is 2.49. The van der Waals surface area contributed by atoms with Crippen molar-refractivity contribution in [2.24, 2.45) is 0 Å². The number of nitrogens with zero attached hydrogens (tertiary/aromatic N) is 1. The number of amides is 1. The van der Waals surface area contributed by atoms with Crippen molar-refractivity contribution in [1.82, 2.24) is 4.90 Å². The first-order valence-electron chi connectivity index (χ1n) is 8.24. The molecule has 2 aliphatic rings. The van der Waals surface area contributed by atoms with Crippen molar-refractivity contribution < 1.29 is 14.6 Å². The van der Waals surface area contributed by atoms with Crippen molar-refractivity contribution >= 4 is 11.7 Å². The van der Waals surface area contributed by atoms with E-state index in [2.05, 4.69) is 12.1 Å². The molecule has 1 amide bonds. The molecule has 0 aromatic heterocycles. The van der Waals surface area contributed by atoms with Crippen LogP contribution in [0, 0.1) is 0 Å². The van der Waals surface area contributed by atoms with E-state index in [1.165, 1.54) is 5.56 Å². The summed E-state index contributed by atoms with van der Waals surface area (Å²) in [5, 5.41) is 10.8. The Hall–Kier alpha value is -2.59. The molecule has 1 atom stereocenters. The van der Waals surface area contributed by atoms with Crippen molar-refractivity contribution in [2.75, 3.05) is 13.2 Å². The average Bonchev–Trinajstić information content (AvgIpc) is 3.15. The predicted molar refractivity (Wildman–Crippen MR) is 91.1 cm³/mol. The Labute approximate surface area is 141 Å². The molecule has 0 bridgehead atoms. The quantitative estimate of drug-likeness (QED) is 0.937. The summed E-state index contributed by atoms with van der Waals surface area (Å²) in [7, 11) is 0. The van der Waals surface area contributed by atoms with Crippen molar-refractivity contribution in [1.29, 1.82) is 0 Å². The monoisotopic (exact) mass is 321 g/mol. The van der Waals surface area contributed by atoms with Gasteiger partial charge >= 0.3 is 6.09 Å². The molecule has 4 heteroatoms. The van der Waals surface area contributed by atoms with E-state index in [1.807, 2.05) is 42.5 Å². The highest BCUT2D eigenvalue weighted by molar-refractivity contribution is 5.83.